The highest BCUT2D eigenvalue weighted by molar-refractivity contribution is 9.10. The number of nitrogens with zero attached hydrogens (tertiary/aromatic N) is 2. The summed E-state index contributed by atoms with van der Waals surface area (Å²) in [4.78, 5) is 4.76. The zero-order chi connectivity index (χ0) is 14.8. The van der Waals surface area contributed by atoms with Crippen molar-refractivity contribution in [1.29, 1.82) is 0 Å². The molecule has 0 saturated heterocycles. The second kappa shape index (κ2) is 6.46. The second-order valence-electron chi connectivity index (χ2n) is 6.14. The van der Waals surface area contributed by atoms with Crippen LogP contribution < -0.4 is 10.6 Å². The molecule has 1 aliphatic rings. The van der Waals surface area contributed by atoms with E-state index in [2.05, 4.69) is 65.1 Å². The predicted molar refractivity (Wildman–Crippen MR) is 90.4 cm³/mol. The number of rotatable bonds is 6. The fourth-order valence-corrected chi connectivity index (χ4v) is 3.56. The van der Waals surface area contributed by atoms with Crippen LogP contribution in [0.2, 0.25) is 0 Å². The molecule has 0 bridgehead atoms. The van der Waals surface area contributed by atoms with Gasteiger partial charge in [0.2, 0.25) is 0 Å². The van der Waals surface area contributed by atoms with Gasteiger partial charge in [-0.05, 0) is 64.0 Å². The van der Waals surface area contributed by atoms with Gasteiger partial charge in [0.25, 0.3) is 0 Å². The summed E-state index contributed by atoms with van der Waals surface area (Å²) in [6.07, 6.45) is 4.88. The average Bonchev–Trinajstić information content (AvgIpc) is 2.35. The number of anilines is 1. The Morgan fingerprint density at radius 3 is 2.40 bits per heavy atom. The van der Waals surface area contributed by atoms with Gasteiger partial charge in [-0.3, -0.25) is 0 Å². The van der Waals surface area contributed by atoms with Crippen LogP contribution in [0.3, 0.4) is 0 Å². The van der Waals surface area contributed by atoms with E-state index in [0.29, 0.717) is 12.1 Å². The second-order valence-corrected chi connectivity index (χ2v) is 7.00. The van der Waals surface area contributed by atoms with Crippen molar-refractivity contribution in [2.24, 2.45) is 5.73 Å². The van der Waals surface area contributed by atoms with Gasteiger partial charge in [-0.15, -0.1) is 0 Å². The largest absolute Gasteiger partial charge is 0.373 e. The fraction of sp³-hybridized carbons (Fsp3) is 0.625. The third-order valence-corrected chi connectivity index (χ3v) is 5.39. The monoisotopic (exact) mass is 339 g/mol. The molecule has 3 nitrogen and oxygen atoms in total. The Morgan fingerprint density at radius 2 is 1.95 bits per heavy atom. The minimum Gasteiger partial charge on any atom is -0.373 e. The van der Waals surface area contributed by atoms with E-state index in [4.69, 9.17) is 5.73 Å². The molecule has 0 radical (unpaired) electrons. The van der Waals surface area contributed by atoms with Crippen molar-refractivity contribution < 1.29 is 0 Å². The van der Waals surface area contributed by atoms with Crippen molar-refractivity contribution in [3.8, 4) is 0 Å². The van der Waals surface area contributed by atoms with Crippen LogP contribution in [-0.4, -0.2) is 44.7 Å². The van der Waals surface area contributed by atoms with E-state index < -0.39 is 0 Å². The van der Waals surface area contributed by atoms with Gasteiger partial charge in [0.1, 0.15) is 0 Å². The summed E-state index contributed by atoms with van der Waals surface area (Å²) < 4.78 is 1.17. The van der Waals surface area contributed by atoms with Gasteiger partial charge in [-0.2, -0.15) is 0 Å². The number of hydrogen-bond donors (Lipinski definition) is 1. The summed E-state index contributed by atoms with van der Waals surface area (Å²) in [6, 6.07) is 6.61. The van der Waals surface area contributed by atoms with Gasteiger partial charge in [-0.1, -0.05) is 22.0 Å². The standard InChI is InChI=1S/C16H26BrN3/c1-19(2)16(8-4-9-16)12-20(3)14-6-5-13(7-10-18)15(17)11-14/h5-6,11H,4,7-10,12,18H2,1-3H3. The molecule has 1 fully saturated rings. The van der Waals surface area contributed by atoms with E-state index in [1.165, 1.54) is 35.0 Å². The van der Waals surface area contributed by atoms with E-state index in [1.807, 2.05) is 0 Å². The molecule has 0 amide bonds. The first kappa shape index (κ1) is 15.8. The van der Waals surface area contributed by atoms with Crippen LogP contribution in [0.1, 0.15) is 24.8 Å². The number of halogens is 1. The zero-order valence-electron chi connectivity index (χ0n) is 12.8. The molecule has 2 rings (SSSR count). The highest BCUT2D eigenvalue weighted by Gasteiger charge is 2.39. The number of benzene rings is 1. The molecule has 4 heteroatoms. The van der Waals surface area contributed by atoms with Crippen LogP contribution in [0.5, 0.6) is 0 Å². The SMILES string of the molecule is CN(CC1(N(C)C)CCC1)c1ccc(CCN)c(Br)c1. The Kier molecular flexibility index (Phi) is 5.10. The van der Waals surface area contributed by atoms with Gasteiger partial charge in [0.05, 0.1) is 0 Å². The molecule has 20 heavy (non-hydrogen) atoms. The van der Waals surface area contributed by atoms with Crippen molar-refractivity contribution in [2.45, 2.75) is 31.2 Å². The van der Waals surface area contributed by atoms with Gasteiger partial charge in [-0.25, -0.2) is 0 Å². The lowest BCUT2D eigenvalue weighted by Gasteiger charge is -2.49. The quantitative estimate of drug-likeness (QED) is 0.864. The molecule has 0 atom stereocenters. The van der Waals surface area contributed by atoms with E-state index >= 15 is 0 Å². The van der Waals surface area contributed by atoms with Gasteiger partial charge in [0.15, 0.2) is 0 Å². The molecule has 1 aromatic carbocycles. The predicted octanol–water partition coefficient (Wildman–Crippen LogP) is 2.87. The Bertz CT molecular complexity index is 455. The minimum absolute atomic E-state index is 0.358. The van der Waals surface area contributed by atoms with Gasteiger partial charge in [0, 0.05) is 29.3 Å². The van der Waals surface area contributed by atoms with E-state index in [9.17, 15) is 0 Å². The first-order chi connectivity index (χ1) is 9.48. The van der Waals surface area contributed by atoms with Crippen LogP contribution in [0, 0.1) is 0 Å². The maximum atomic E-state index is 5.63. The third kappa shape index (κ3) is 3.18. The van der Waals surface area contributed by atoms with E-state index in [1.54, 1.807) is 0 Å². The summed E-state index contributed by atoms with van der Waals surface area (Å²) in [5, 5.41) is 0. The first-order valence-electron chi connectivity index (χ1n) is 7.35. The summed E-state index contributed by atoms with van der Waals surface area (Å²) in [5.41, 5.74) is 8.55. The molecule has 0 spiro atoms. The molecule has 1 saturated carbocycles. The molecule has 0 aromatic heterocycles. The van der Waals surface area contributed by atoms with Crippen LogP contribution >= 0.6 is 15.9 Å². The number of nitrogens with two attached hydrogens (primary N) is 1. The van der Waals surface area contributed by atoms with Crippen molar-refractivity contribution >= 4 is 21.6 Å². The van der Waals surface area contributed by atoms with Crippen molar-refractivity contribution in [3.63, 3.8) is 0 Å². The lowest BCUT2D eigenvalue weighted by molar-refractivity contribution is 0.0683. The highest BCUT2D eigenvalue weighted by atomic mass is 79.9. The molecule has 2 N–H and O–H groups in total. The molecule has 0 unspecified atom stereocenters. The lowest BCUT2D eigenvalue weighted by atomic mass is 9.75. The zero-order valence-corrected chi connectivity index (χ0v) is 14.4. The Morgan fingerprint density at radius 1 is 1.25 bits per heavy atom. The van der Waals surface area contributed by atoms with Crippen LogP contribution in [-0.2, 0) is 6.42 Å². The topological polar surface area (TPSA) is 32.5 Å². The molecular weight excluding hydrogens is 314 g/mol. The molecular formula is C16H26BrN3. The van der Waals surface area contributed by atoms with Crippen molar-refractivity contribution in [1.82, 2.24) is 4.90 Å². The first-order valence-corrected chi connectivity index (χ1v) is 8.15. The molecule has 1 aromatic rings. The summed E-state index contributed by atoms with van der Waals surface area (Å²) in [5.74, 6) is 0. The third-order valence-electron chi connectivity index (χ3n) is 4.66. The Balaban J connectivity index is 2.09. The van der Waals surface area contributed by atoms with Crippen LogP contribution in [0.15, 0.2) is 22.7 Å². The summed E-state index contributed by atoms with van der Waals surface area (Å²) in [7, 11) is 6.59. The lowest BCUT2D eigenvalue weighted by Crippen LogP contribution is -2.56. The summed E-state index contributed by atoms with van der Waals surface area (Å²) in [6.45, 7) is 1.78. The molecule has 0 heterocycles. The Hall–Kier alpha value is -0.580. The highest BCUT2D eigenvalue weighted by Crippen LogP contribution is 2.37. The fourth-order valence-electron chi connectivity index (χ4n) is 3.00. The normalized spacial score (nSPS) is 17.1. The molecule has 112 valence electrons. The Labute approximate surface area is 131 Å². The molecule has 1 aliphatic carbocycles. The summed E-state index contributed by atoms with van der Waals surface area (Å²) >= 11 is 3.66. The number of likely N-dealkylation sites (N-methyl/N-ethyl adjacent to an activating group) is 2. The van der Waals surface area contributed by atoms with E-state index in [-0.39, 0.29) is 0 Å². The smallest absolute Gasteiger partial charge is 0.0378 e. The van der Waals surface area contributed by atoms with Gasteiger partial charge >= 0.3 is 0 Å². The van der Waals surface area contributed by atoms with Crippen molar-refractivity contribution in [3.05, 3.63) is 28.2 Å². The average molecular weight is 340 g/mol. The number of hydrogen-bond acceptors (Lipinski definition) is 3. The van der Waals surface area contributed by atoms with Crippen molar-refractivity contribution in [2.75, 3.05) is 39.1 Å². The molecule has 0 aliphatic heterocycles. The minimum atomic E-state index is 0.358. The van der Waals surface area contributed by atoms with Crippen LogP contribution in [0.4, 0.5) is 5.69 Å². The maximum absolute atomic E-state index is 5.63. The van der Waals surface area contributed by atoms with Crippen LogP contribution in [0.25, 0.3) is 0 Å². The maximum Gasteiger partial charge on any atom is 0.0378 e. The van der Waals surface area contributed by atoms with E-state index in [0.717, 1.165) is 13.0 Å². The van der Waals surface area contributed by atoms with Gasteiger partial charge < -0.3 is 15.5 Å².